The summed E-state index contributed by atoms with van der Waals surface area (Å²) in [6, 6.07) is 4.72. The highest BCUT2D eigenvalue weighted by Gasteiger charge is 2.24. The van der Waals surface area contributed by atoms with Crippen LogP contribution in [0, 0.1) is 15.9 Å². The van der Waals surface area contributed by atoms with Crippen molar-refractivity contribution in [1.29, 1.82) is 0 Å². The van der Waals surface area contributed by atoms with E-state index in [1.807, 2.05) is 0 Å². The van der Waals surface area contributed by atoms with Crippen molar-refractivity contribution in [3.05, 3.63) is 39.7 Å². The number of hydrogen-bond donors (Lipinski definition) is 1. The number of hydrogen-bond acceptors (Lipinski definition) is 4. The van der Waals surface area contributed by atoms with Gasteiger partial charge in [-0.25, -0.2) is 0 Å². The van der Waals surface area contributed by atoms with Gasteiger partial charge in [-0.2, -0.15) is 4.39 Å². The Morgan fingerprint density at radius 3 is 2.95 bits per heavy atom. The van der Waals surface area contributed by atoms with Crippen molar-refractivity contribution in [2.45, 2.75) is 38.3 Å². The van der Waals surface area contributed by atoms with Crippen LogP contribution in [0.3, 0.4) is 0 Å². The summed E-state index contributed by atoms with van der Waals surface area (Å²) >= 11 is 0. The molecule has 1 aromatic carbocycles. The number of piperidine rings is 1. The second-order valence-electron chi connectivity index (χ2n) is 5.20. The van der Waals surface area contributed by atoms with Crippen LogP contribution in [0.5, 0.6) is 0 Å². The fourth-order valence-corrected chi connectivity index (χ4v) is 2.84. The van der Waals surface area contributed by atoms with Crippen molar-refractivity contribution < 1.29 is 9.31 Å². The zero-order valence-corrected chi connectivity index (χ0v) is 11.4. The smallest absolute Gasteiger partial charge is 0.305 e. The SMILES string of the molecule is NCCC1CCCCN1Cc1cccc([N+](=O)[O-])c1F. The Morgan fingerprint density at radius 1 is 1.45 bits per heavy atom. The van der Waals surface area contributed by atoms with Gasteiger partial charge in [-0.15, -0.1) is 0 Å². The van der Waals surface area contributed by atoms with Crippen LogP contribution in [-0.4, -0.2) is 29.0 Å². The molecule has 1 unspecified atom stereocenters. The maximum absolute atomic E-state index is 14.1. The molecule has 2 N–H and O–H groups in total. The van der Waals surface area contributed by atoms with E-state index in [9.17, 15) is 14.5 Å². The molecule has 0 aromatic heterocycles. The second-order valence-corrected chi connectivity index (χ2v) is 5.20. The zero-order valence-electron chi connectivity index (χ0n) is 11.4. The van der Waals surface area contributed by atoms with Crippen LogP contribution in [-0.2, 0) is 6.54 Å². The average Bonchev–Trinajstić information content (AvgIpc) is 2.43. The van der Waals surface area contributed by atoms with Crippen LogP contribution in [0.25, 0.3) is 0 Å². The normalized spacial score (nSPS) is 20.0. The number of halogens is 1. The van der Waals surface area contributed by atoms with Gasteiger partial charge < -0.3 is 5.73 Å². The summed E-state index contributed by atoms with van der Waals surface area (Å²) in [4.78, 5) is 12.3. The molecule has 110 valence electrons. The van der Waals surface area contributed by atoms with E-state index in [-0.39, 0.29) is 0 Å². The molecule has 6 heteroatoms. The monoisotopic (exact) mass is 281 g/mol. The molecule has 0 aliphatic carbocycles. The summed E-state index contributed by atoms with van der Waals surface area (Å²) in [5.74, 6) is -0.713. The number of nitro groups is 1. The van der Waals surface area contributed by atoms with Crippen molar-refractivity contribution >= 4 is 5.69 Å². The molecule has 0 amide bonds. The molecule has 0 spiro atoms. The zero-order chi connectivity index (χ0) is 14.5. The first-order chi connectivity index (χ1) is 9.63. The summed E-state index contributed by atoms with van der Waals surface area (Å²) in [6.07, 6.45) is 4.19. The Labute approximate surface area is 117 Å². The molecule has 2 rings (SSSR count). The molecule has 1 aliphatic heterocycles. The fourth-order valence-electron chi connectivity index (χ4n) is 2.84. The number of rotatable bonds is 5. The van der Waals surface area contributed by atoms with E-state index in [0.29, 0.717) is 24.7 Å². The first kappa shape index (κ1) is 14.9. The average molecular weight is 281 g/mol. The minimum Gasteiger partial charge on any atom is -0.330 e. The van der Waals surface area contributed by atoms with E-state index in [0.717, 1.165) is 25.8 Å². The van der Waals surface area contributed by atoms with Crippen LogP contribution < -0.4 is 5.73 Å². The van der Waals surface area contributed by atoms with E-state index in [1.54, 1.807) is 12.1 Å². The van der Waals surface area contributed by atoms with Crippen molar-refractivity contribution in [2.75, 3.05) is 13.1 Å². The molecule has 1 fully saturated rings. The lowest BCUT2D eigenvalue weighted by Crippen LogP contribution is -2.40. The maximum atomic E-state index is 14.1. The molecule has 0 saturated carbocycles. The highest BCUT2D eigenvalue weighted by Crippen LogP contribution is 2.25. The highest BCUT2D eigenvalue weighted by molar-refractivity contribution is 5.36. The van der Waals surface area contributed by atoms with Crippen LogP contribution >= 0.6 is 0 Å². The second kappa shape index (κ2) is 6.76. The van der Waals surface area contributed by atoms with E-state index in [2.05, 4.69) is 4.90 Å². The van der Waals surface area contributed by atoms with Gasteiger partial charge in [0.25, 0.3) is 0 Å². The standard InChI is InChI=1S/C14H20FN3O2/c15-14-11(4-3-6-13(14)18(19)20)10-17-9-2-1-5-12(17)7-8-16/h3-4,6,12H,1-2,5,7-10,16H2. The predicted octanol–water partition coefficient (Wildman–Crippen LogP) is 2.44. The fraction of sp³-hybridized carbons (Fsp3) is 0.571. The number of nitrogens with two attached hydrogens (primary N) is 1. The van der Waals surface area contributed by atoms with Gasteiger partial charge >= 0.3 is 5.69 Å². The van der Waals surface area contributed by atoms with Crippen LogP contribution in [0.2, 0.25) is 0 Å². The molecule has 0 bridgehead atoms. The Balaban J connectivity index is 2.16. The van der Waals surface area contributed by atoms with E-state index in [4.69, 9.17) is 5.73 Å². The van der Waals surface area contributed by atoms with Gasteiger partial charge in [-0.3, -0.25) is 15.0 Å². The Morgan fingerprint density at radius 2 is 2.25 bits per heavy atom. The first-order valence-corrected chi connectivity index (χ1v) is 6.99. The molecule has 5 nitrogen and oxygen atoms in total. The molecular formula is C14H20FN3O2. The van der Waals surface area contributed by atoms with Crippen molar-refractivity contribution in [3.8, 4) is 0 Å². The lowest BCUT2D eigenvalue weighted by atomic mass is 9.98. The Kier molecular flexibility index (Phi) is 5.03. The quantitative estimate of drug-likeness (QED) is 0.664. The number of benzene rings is 1. The summed E-state index contributed by atoms with van der Waals surface area (Å²) in [6.45, 7) is 1.92. The molecule has 1 aliphatic rings. The lowest BCUT2D eigenvalue weighted by molar-refractivity contribution is -0.387. The summed E-state index contributed by atoms with van der Waals surface area (Å²) in [7, 11) is 0. The molecule has 1 saturated heterocycles. The third-order valence-corrected chi connectivity index (χ3v) is 3.88. The lowest BCUT2D eigenvalue weighted by Gasteiger charge is -2.35. The number of likely N-dealkylation sites (tertiary alicyclic amines) is 1. The molecule has 1 aromatic rings. The summed E-state index contributed by atoms with van der Waals surface area (Å²) in [5, 5.41) is 10.8. The third-order valence-electron chi connectivity index (χ3n) is 3.88. The van der Waals surface area contributed by atoms with Gasteiger partial charge in [0.1, 0.15) is 0 Å². The van der Waals surface area contributed by atoms with Crippen LogP contribution in [0.4, 0.5) is 10.1 Å². The van der Waals surface area contributed by atoms with E-state index >= 15 is 0 Å². The van der Waals surface area contributed by atoms with Crippen LogP contribution in [0.1, 0.15) is 31.2 Å². The number of nitrogens with zero attached hydrogens (tertiary/aromatic N) is 2. The predicted molar refractivity (Wildman–Crippen MR) is 74.8 cm³/mol. The minimum absolute atomic E-state index is 0.354. The van der Waals surface area contributed by atoms with Gasteiger partial charge in [0.2, 0.25) is 5.82 Å². The van der Waals surface area contributed by atoms with E-state index in [1.165, 1.54) is 12.5 Å². The largest absolute Gasteiger partial charge is 0.330 e. The van der Waals surface area contributed by atoms with Crippen molar-refractivity contribution in [3.63, 3.8) is 0 Å². The topological polar surface area (TPSA) is 72.4 Å². The highest BCUT2D eigenvalue weighted by atomic mass is 19.1. The van der Waals surface area contributed by atoms with Gasteiger partial charge in [-0.05, 0) is 32.4 Å². The van der Waals surface area contributed by atoms with Crippen molar-refractivity contribution in [1.82, 2.24) is 4.90 Å². The van der Waals surface area contributed by atoms with Crippen molar-refractivity contribution in [2.24, 2.45) is 5.73 Å². The van der Waals surface area contributed by atoms with Gasteiger partial charge in [-0.1, -0.05) is 18.6 Å². The Hall–Kier alpha value is -1.53. The van der Waals surface area contributed by atoms with Crippen LogP contribution in [0.15, 0.2) is 18.2 Å². The molecule has 1 heterocycles. The van der Waals surface area contributed by atoms with E-state index < -0.39 is 16.4 Å². The minimum atomic E-state index is -0.713. The Bertz CT molecular complexity index is 479. The third kappa shape index (κ3) is 3.32. The van der Waals surface area contributed by atoms with Gasteiger partial charge in [0, 0.05) is 24.2 Å². The summed E-state index contributed by atoms with van der Waals surface area (Å²) in [5.41, 5.74) is 5.56. The van der Waals surface area contributed by atoms with Gasteiger partial charge in [0.15, 0.2) is 0 Å². The van der Waals surface area contributed by atoms with Gasteiger partial charge in [0.05, 0.1) is 4.92 Å². The maximum Gasteiger partial charge on any atom is 0.305 e. The molecular weight excluding hydrogens is 261 g/mol. The first-order valence-electron chi connectivity index (χ1n) is 6.99. The molecule has 0 radical (unpaired) electrons. The number of nitro benzene ring substituents is 1. The molecule has 20 heavy (non-hydrogen) atoms. The summed E-state index contributed by atoms with van der Waals surface area (Å²) < 4.78 is 14.1. The molecule has 1 atom stereocenters.